The van der Waals surface area contributed by atoms with Crippen LogP contribution in [0, 0.1) is 0 Å². The van der Waals surface area contributed by atoms with E-state index < -0.39 is 15.9 Å². The third kappa shape index (κ3) is 3.77. The molecule has 2 aromatic carbocycles. The van der Waals surface area contributed by atoms with Gasteiger partial charge in [-0.1, -0.05) is 35.9 Å². The molecule has 1 aromatic heterocycles. The van der Waals surface area contributed by atoms with Gasteiger partial charge in [0, 0.05) is 11.3 Å². The number of hydrogen-bond acceptors (Lipinski definition) is 4. The summed E-state index contributed by atoms with van der Waals surface area (Å²) in [4.78, 5) is 4.41. The number of fused-ring (bicyclic) bond motifs is 1. The first kappa shape index (κ1) is 17.0. The van der Waals surface area contributed by atoms with Gasteiger partial charge in [0.2, 0.25) is 0 Å². The van der Waals surface area contributed by atoms with Gasteiger partial charge in [-0.2, -0.15) is 0 Å². The summed E-state index contributed by atoms with van der Waals surface area (Å²) < 4.78 is 25.1. The van der Waals surface area contributed by atoms with E-state index in [1.165, 1.54) is 6.26 Å². The molecule has 1 heterocycles. The molecule has 1 atom stereocenters. The van der Waals surface area contributed by atoms with Gasteiger partial charge in [0.15, 0.2) is 9.84 Å². The van der Waals surface area contributed by atoms with Crippen LogP contribution in [0.1, 0.15) is 17.5 Å². The molecule has 0 aliphatic heterocycles. The predicted octanol–water partition coefficient (Wildman–Crippen LogP) is 2.97. The van der Waals surface area contributed by atoms with Gasteiger partial charge in [-0.3, -0.25) is 0 Å². The Morgan fingerprint density at radius 2 is 1.83 bits per heavy atom. The van der Waals surface area contributed by atoms with Crippen LogP contribution in [0.15, 0.2) is 48.5 Å². The number of halogens is 1. The normalized spacial score (nSPS) is 13.3. The zero-order chi connectivity index (χ0) is 17.3. The molecule has 1 N–H and O–H groups in total. The second-order valence-corrected chi connectivity index (χ2v) is 8.34. The lowest BCUT2D eigenvalue weighted by Crippen LogP contribution is -2.14. The van der Waals surface area contributed by atoms with Crippen LogP contribution in [-0.2, 0) is 22.1 Å². The lowest BCUT2D eigenvalue weighted by molar-refractivity contribution is 0.157. The van der Waals surface area contributed by atoms with E-state index in [1.807, 2.05) is 24.3 Å². The number of rotatable bonds is 5. The maximum absolute atomic E-state index is 11.7. The topological polar surface area (TPSA) is 72.2 Å². The zero-order valence-corrected chi connectivity index (χ0v) is 14.6. The van der Waals surface area contributed by atoms with E-state index in [2.05, 4.69) is 4.98 Å². The number of imidazole rings is 1. The average molecular weight is 365 g/mol. The highest BCUT2D eigenvalue weighted by molar-refractivity contribution is 7.89. The molecule has 3 rings (SSSR count). The summed E-state index contributed by atoms with van der Waals surface area (Å²) in [5, 5.41) is 11.1. The molecule has 0 radical (unpaired) electrons. The van der Waals surface area contributed by atoms with Gasteiger partial charge in [0.1, 0.15) is 11.6 Å². The third-order valence-corrected chi connectivity index (χ3v) is 4.77. The number of benzene rings is 2. The maximum Gasteiger partial charge on any atom is 0.154 e. The standard InChI is InChI=1S/C17H17ClN2O3S/c1-24(22,23)11-17-19-14-4-2-3-5-15(14)20(17)10-16(21)12-6-8-13(18)9-7-12/h2-9,16,21H,10-11H2,1H3. The lowest BCUT2D eigenvalue weighted by Gasteiger charge is -2.15. The van der Waals surface area contributed by atoms with Crippen molar-refractivity contribution in [3.05, 3.63) is 64.9 Å². The van der Waals surface area contributed by atoms with Gasteiger partial charge in [0.25, 0.3) is 0 Å². The summed E-state index contributed by atoms with van der Waals surface area (Å²) in [5.74, 6) is 0.251. The quantitative estimate of drug-likeness (QED) is 0.755. The highest BCUT2D eigenvalue weighted by Gasteiger charge is 2.18. The maximum atomic E-state index is 11.7. The number of nitrogens with zero attached hydrogens (tertiary/aromatic N) is 2. The minimum atomic E-state index is -3.24. The molecule has 0 saturated carbocycles. The molecule has 0 aliphatic rings. The summed E-state index contributed by atoms with van der Waals surface area (Å²) in [5.41, 5.74) is 2.21. The molecular weight excluding hydrogens is 348 g/mol. The Labute approximate surface area is 145 Å². The van der Waals surface area contributed by atoms with Crippen molar-refractivity contribution in [2.75, 3.05) is 6.26 Å². The van der Waals surface area contributed by atoms with Crippen LogP contribution >= 0.6 is 11.6 Å². The van der Waals surface area contributed by atoms with Crippen LogP contribution in [0.3, 0.4) is 0 Å². The number of para-hydroxylation sites is 2. The molecule has 0 fully saturated rings. The van der Waals surface area contributed by atoms with Crippen LogP contribution in [0.2, 0.25) is 5.02 Å². The van der Waals surface area contributed by atoms with Crippen LogP contribution in [-0.4, -0.2) is 29.3 Å². The average Bonchev–Trinajstić information content (AvgIpc) is 2.83. The van der Waals surface area contributed by atoms with E-state index in [1.54, 1.807) is 28.8 Å². The Bertz CT molecular complexity index is 965. The van der Waals surface area contributed by atoms with Crippen LogP contribution in [0.4, 0.5) is 0 Å². The molecule has 3 aromatic rings. The van der Waals surface area contributed by atoms with Crippen molar-refractivity contribution in [3.63, 3.8) is 0 Å². The summed E-state index contributed by atoms with van der Waals surface area (Å²) in [7, 11) is -3.24. The smallest absolute Gasteiger partial charge is 0.154 e. The van der Waals surface area contributed by atoms with Gasteiger partial charge in [0.05, 0.1) is 23.7 Å². The molecule has 5 nitrogen and oxygen atoms in total. The lowest BCUT2D eigenvalue weighted by atomic mass is 10.1. The Balaban J connectivity index is 2.00. The van der Waals surface area contributed by atoms with E-state index >= 15 is 0 Å². The summed E-state index contributed by atoms with van der Waals surface area (Å²) in [6.45, 7) is 0.215. The summed E-state index contributed by atoms with van der Waals surface area (Å²) in [6.07, 6.45) is 0.380. The first-order chi connectivity index (χ1) is 11.3. The minimum Gasteiger partial charge on any atom is -0.387 e. The molecule has 126 valence electrons. The van der Waals surface area contributed by atoms with Gasteiger partial charge in [-0.25, -0.2) is 13.4 Å². The largest absolute Gasteiger partial charge is 0.387 e. The minimum absolute atomic E-state index is 0.172. The van der Waals surface area contributed by atoms with Gasteiger partial charge in [-0.15, -0.1) is 0 Å². The highest BCUT2D eigenvalue weighted by atomic mass is 35.5. The summed E-state index contributed by atoms with van der Waals surface area (Å²) >= 11 is 5.87. The Hall–Kier alpha value is -1.89. The van der Waals surface area contributed by atoms with Gasteiger partial charge < -0.3 is 9.67 Å². The number of aromatic nitrogens is 2. The molecule has 0 bridgehead atoms. The monoisotopic (exact) mass is 364 g/mol. The molecule has 0 spiro atoms. The van der Waals surface area contributed by atoms with Crippen molar-refractivity contribution >= 4 is 32.5 Å². The van der Waals surface area contributed by atoms with E-state index in [-0.39, 0.29) is 12.3 Å². The number of sulfone groups is 1. The fourth-order valence-corrected chi connectivity index (χ4v) is 3.45. The fourth-order valence-electron chi connectivity index (χ4n) is 2.64. The summed E-state index contributed by atoms with van der Waals surface area (Å²) in [6, 6.07) is 14.3. The van der Waals surface area contributed by atoms with Crippen molar-refractivity contribution in [2.45, 2.75) is 18.4 Å². The Morgan fingerprint density at radius 3 is 2.50 bits per heavy atom. The molecule has 0 aliphatic carbocycles. The predicted molar refractivity (Wildman–Crippen MR) is 94.7 cm³/mol. The molecular formula is C17H17ClN2O3S. The Morgan fingerprint density at radius 1 is 1.17 bits per heavy atom. The second-order valence-electron chi connectivity index (χ2n) is 5.76. The van der Waals surface area contributed by atoms with E-state index in [4.69, 9.17) is 11.6 Å². The number of aliphatic hydroxyl groups excluding tert-OH is 1. The van der Waals surface area contributed by atoms with E-state index in [0.29, 0.717) is 21.9 Å². The molecule has 24 heavy (non-hydrogen) atoms. The van der Waals surface area contributed by atoms with Crippen LogP contribution in [0.25, 0.3) is 11.0 Å². The molecule has 0 amide bonds. The van der Waals surface area contributed by atoms with Crippen molar-refractivity contribution in [1.29, 1.82) is 0 Å². The number of aliphatic hydroxyl groups is 1. The van der Waals surface area contributed by atoms with Crippen molar-refractivity contribution in [3.8, 4) is 0 Å². The first-order valence-electron chi connectivity index (χ1n) is 7.39. The third-order valence-electron chi connectivity index (χ3n) is 3.74. The highest BCUT2D eigenvalue weighted by Crippen LogP contribution is 2.23. The van der Waals surface area contributed by atoms with E-state index in [9.17, 15) is 13.5 Å². The SMILES string of the molecule is CS(=O)(=O)Cc1nc2ccccc2n1CC(O)c1ccc(Cl)cc1. The number of hydrogen-bond donors (Lipinski definition) is 1. The van der Waals surface area contributed by atoms with Crippen molar-refractivity contribution in [1.82, 2.24) is 9.55 Å². The molecule has 0 saturated heterocycles. The van der Waals surface area contributed by atoms with Gasteiger partial charge in [-0.05, 0) is 29.8 Å². The van der Waals surface area contributed by atoms with E-state index in [0.717, 1.165) is 5.52 Å². The van der Waals surface area contributed by atoms with Crippen molar-refractivity contribution < 1.29 is 13.5 Å². The first-order valence-corrected chi connectivity index (χ1v) is 9.83. The second kappa shape index (κ2) is 6.55. The van der Waals surface area contributed by atoms with Crippen LogP contribution in [0.5, 0.6) is 0 Å². The molecule has 1 unspecified atom stereocenters. The van der Waals surface area contributed by atoms with Gasteiger partial charge >= 0.3 is 0 Å². The fraction of sp³-hybridized carbons (Fsp3) is 0.235. The Kier molecular flexibility index (Phi) is 4.62. The van der Waals surface area contributed by atoms with Crippen molar-refractivity contribution in [2.24, 2.45) is 0 Å². The molecule has 7 heteroatoms. The van der Waals surface area contributed by atoms with Crippen LogP contribution < -0.4 is 0 Å². The zero-order valence-electron chi connectivity index (χ0n) is 13.1.